The number of hydrogen-bond acceptors (Lipinski definition) is 1. The first kappa shape index (κ1) is 9.54. The second-order valence-corrected chi connectivity index (χ2v) is 4.08. The predicted molar refractivity (Wildman–Crippen MR) is 45.0 cm³/mol. The zero-order valence-electron chi connectivity index (χ0n) is 7.39. The van der Waals surface area contributed by atoms with Gasteiger partial charge in [0, 0.05) is 0 Å². The lowest BCUT2D eigenvalue weighted by atomic mass is 9.85. The highest BCUT2D eigenvalue weighted by Crippen LogP contribution is 2.24. The molecule has 60 valence electrons. The van der Waals surface area contributed by atoms with Gasteiger partial charge in [0.25, 0.3) is 0 Å². The molecule has 0 radical (unpaired) electrons. The van der Waals surface area contributed by atoms with Crippen LogP contribution in [0.5, 0.6) is 0 Å². The Balaban J connectivity index is 3.68. The molecule has 1 nitrogen and oxygen atoms in total. The highest BCUT2D eigenvalue weighted by atomic mass is 16.2. The molecule has 0 saturated carbocycles. The summed E-state index contributed by atoms with van der Waals surface area (Å²) in [4.78, 5) is 0. The second kappa shape index (κ2) is 3.65. The van der Waals surface area contributed by atoms with Crippen molar-refractivity contribution in [3.8, 4) is 0 Å². The van der Waals surface area contributed by atoms with E-state index in [0.29, 0.717) is 11.3 Å². The molecular formula is C9H18O. The van der Waals surface area contributed by atoms with E-state index in [2.05, 4.69) is 27.7 Å². The van der Waals surface area contributed by atoms with Gasteiger partial charge in [0.1, 0.15) is 0 Å². The molecule has 0 bridgehead atoms. The van der Waals surface area contributed by atoms with Crippen LogP contribution in [0.3, 0.4) is 0 Å². The van der Waals surface area contributed by atoms with Gasteiger partial charge in [0.15, 0.2) is 0 Å². The van der Waals surface area contributed by atoms with Crippen molar-refractivity contribution in [1.29, 1.82) is 0 Å². The summed E-state index contributed by atoms with van der Waals surface area (Å²) in [5.74, 6) is 0.477. The summed E-state index contributed by atoms with van der Waals surface area (Å²) in [5.41, 5.74) is 0.360. The molecule has 0 aliphatic carbocycles. The zero-order chi connectivity index (χ0) is 8.20. The van der Waals surface area contributed by atoms with E-state index in [-0.39, 0.29) is 0 Å². The molecule has 0 aliphatic rings. The van der Waals surface area contributed by atoms with E-state index in [1.807, 2.05) is 6.08 Å². The molecule has 0 heterocycles. The summed E-state index contributed by atoms with van der Waals surface area (Å²) >= 11 is 0. The lowest BCUT2D eigenvalue weighted by Gasteiger charge is -2.20. The number of aliphatic hydroxyl groups is 1. The van der Waals surface area contributed by atoms with Gasteiger partial charge >= 0.3 is 0 Å². The van der Waals surface area contributed by atoms with Gasteiger partial charge in [-0.25, -0.2) is 0 Å². The van der Waals surface area contributed by atoms with Gasteiger partial charge in [0.2, 0.25) is 0 Å². The summed E-state index contributed by atoms with van der Waals surface area (Å²) in [6.07, 6.45) is 4.08. The molecule has 10 heavy (non-hydrogen) atoms. The maximum Gasteiger partial charge on any atom is 0.0754 e. The smallest absolute Gasteiger partial charge is 0.0754 e. The first-order valence-electron chi connectivity index (χ1n) is 3.76. The molecular weight excluding hydrogens is 124 g/mol. The number of allylic oxidation sites excluding steroid dienone is 1. The van der Waals surface area contributed by atoms with Crippen molar-refractivity contribution >= 4 is 0 Å². The van der Waals surface area contributed by atoms with Crippen molar-refractivity contribution in [2.24, 2.45) is 11.3 Å². The molecule has 0 amide bonds. The van der Waals surface area contributed by atoms with E-state index >= 15 is 0 Å². The third-order valence-corrected chi connectivity index (χ3v) is 1.35. The normalized spacial score (nSPS) is 16.0. The minimum Gasteiger partial charge on any atom is -0.516 e. The van der Waals surface area contributed by atoms with Crippen LogP contribution in [-0.4, -0.2) is 5.11 Å². The molecule has 0 aromatic carbocycles. The molecule has 1 N–H and O–H groups in total. The highest BCUT2D eigenvalue weighted by Gasteiger charge is 2.12. The van der Waals surface area contributed by atoms with Crippen LogP contribution in [0.4, 0.5) is 0 Å². The monoisotopic (exact) mass is 142 g/mol. The third-order valence-electron chi connectivity index (χ3n) is 1.35. The third kappa shape index (κ3) is 5.67. The van der Waals surface area contributed by atoms with Crippen LogP contribution in [0.2, 0.25) is 0 Å². The Kier molecular flexibility index (Phi) is 3.48. The van der Waals surface area contributed by atoms with Crippen molar-refractivity contribution in [2.45, 2.75) is 34.1 Å². The topological polar surface area (TPSA) is 20.2 Å². The van der Waals surface area contributed by atoms with Gasteiger partial charge in [-0.1, -0.05) is 27.7 Å². The van der Waals surface area contributed by atoms with Crippen LogP contribution < -0.4 is 0 Å². The number of hydrogen-bond donors (Lipinski definition) is 1. The lowest BCUT2D eigenvalue weighted by Crippen LogP contribution is -2.09. The van der Waals surface area contributed by atoms with Crippen molar-refractivity contribution in [2.75, 3.05) is 0 Å². The van der Waals surface area contributed by atoms with E-state index in [0.717, 1.165) is 12.7 Å². The van der Waals surface area contributed by atoms with Crippen LogP contribution in [0, 0.1) is 11.3 Å². The summed E-state index contributed by atoms with van der Waals surface area (Å²) in [6.45, 7) is 8.72. The summed E-state index contributed by atoms with van der Waals surface area (Å²) in [7, 11) is 0. The molecule has 0 fully saturated rings. The van der Waals surface area contributed by atoms with Crippen LogP contribution in [0.1, 0.15) is 34.1 Å². The van der Waals surface area contributed by atoms with Crippen LogP contribution in [0.25, 0.3) is 0 Å². The van der Waals surface area contributed by atoms with Gasteiger partial charge in [-0.2, -0.15) is 0 Å². The Morgan fingerprint density at radius 1 is 1.40 bits per heavy atom. The summed E-state index contributed by atoms with van der Waals surface area (Å²) in [6, 6.07) is 0. The molecule has 0 aromatic heterocycles. The van der Waals surface area contributed by atoms with Gasteiger partial charge in [-0.3, -0.25) is 0 Å². The van der Waals surface area contributed by atoms with E-state index in [1.165, 1.54) is 0 Å². The minimum atomic E-state index is 0.360. The SMILES string of the molecule is CC(C=CO)CC(C)(C)C. The fraction of sp³-hybridized carbons (Fsp3) is 0.778. The van der Waals surface area contributed by atoms with Gasteiger partial charge < -0.3 is 5.11 Å². The van der Waals surface area contributed by atoms with Crippen molar-refractivity contribution in [3.63, 3.8) is 0 Å². The maximum absolute atomic E-state index is 8.45. The first-order valence-corrected chi connectivity index (χ1v) is 3.76. The van der Waals surface area contributed by atoms with Crippen LogP contribution in [0.15, 0.2) is 12.3 Å². The predicted octanol–water partition coefficient (Wildman–Crippen LogP) is 3.13. The molecule has 0 aliphatic heterocycles. The molecule has 1 unspecified atom stereocenters. The van der Waals surface area contributed by atoms with Crippen molar-refractivity contribution in [1.82, 2.24) is 0 Å². The molecule has 0 saturated heterocycles. The lowest BCUT2D eigenvalue weighted by molar-refractivity contribution is 0.333. The fourth-order valence-corrected chi connectivity index (χ4v) is 1.18. The quantitative estimate of drug-likeness (QED) is 0.587. The standard InChI is InChI=1S/C9H18O/c1-8(5-6-10)7-9(2,3)4/h5-6,8,10H,7H2,1-4H3. The zero-order valence-corrected chi connectivity index (χ0v) is 7.39. The molecule has 0 spiro atoms. The van der Waals surface area contributed by atoms with Crippen LogP contribution in [-0.2, 0) is 0 Å². The Morgan fingerprint density at radius 3 is 2.20 bits per heavy atom. The Morgan fingerprint density at radius 2 is 1.90 bits per heavy atom. The first-order chi connectivity index (χ1) is 4.45. The van der Waals surface area contributed by atoms with Gasteiger partial charge in [-0.15, -0.1) is 0 Å². The Hall–Kier alpha value is -0.460. The largest absolute Gasteiger partial charge is 0.516 e. The fourth-order valence-electron chi connectivity index (χ4n) is 1.18. The molecule has 0 aromatic rings. The minimum absolute atomic E-state index is 0.360. The van der Waals surface area contributed by atoms with E-state index in [4.69, 9.17) is 5.11 Å². The average molecular weight is 142 g/mol. The Labute approximate surface area is 63.8 Å². The van der Waals surface area contributed by atoms with Gasteiger partial charge in [0.05, 0.1) is 6.26 Å². The summed E-state index contributed by atoms with van der Waals surface area (Å²) < 4.78 is 0. The van der Waals surface area contributed by atoms with E-state index < -0.39 is 0 Å². The highest BCUT2D eigenvalue weighted by molar-refractivity contribution is 4.82. The van der Waals surface area contributed by atoms with E-state index in [9.17, 15) is 0 Å². The Bertz CT molecular complexity index is 108. The van der Waals surface area contributed by atoms with E-state index in [1.54, 1.807) is 0 Å². The van der Waals surface area contributed by atoms with Gasteiger partial charge in [-0.05, 0) is 23.8 Å². The molecule has 0 rings (SSSR count). The summed E-state index contributed by atoms with van der Waals surface area (Å²) in [5, 5.41) is 8.45. The molecule has 1 heteroatoms. The number of aliphatic hydroxyl groups excluding tert-OH is 1. The maximum atomic E-state index is 8.45. The van der Waals surface area contributed by atoms with Crippen molar-refractivity contribution in [3.05, 3.63) is 12.3 Å². The number of rotatable bonds is 2. The molecule has 1 atom stereocenters. The van der Waals surface area contributed by atoms with Crippen molar-refractivity contribution < 1.29 is 5.11 Å². The average Bonchev–Trinajstić information content (AvgIpc) is 1.59. The van der Waals surface area contributed by atoms with Crippen LogP contribution >= 0.6 is 0 Å². The second-order valence-electron chi connectivity index (χ2n) is 4.08.